The Kier molecular flexibility index (Phi) is 3.34. The Hall–Kier alpha value is -0.930. The van der Waals surface area contributed by atoms with Gasteiger partial charge in [0.05, 0.1) is 11.9 Å². The van der Waals surface area contributed by atoms with Gasteiger partial charge in [-0.15, -0.1) is 0 Å². The second kappa shape index (κ2) is 4.73. The maximum Gasteiger partial charge on any atom is 0.0690 e. The van der Waals surface area contributed by atoms with Crippen LogP contribution in [0, 0.1) is 0 Å². The first kappa shape index (κ1) is 10.6. The lowest BCUT2D eigenvalue weighted by atomic mass is 10.1. The Bertz CT molecular complexity index is 436. The Labute approximate surface area is 98.0 Å². The van der Waals surface area contributed by atoms with Crippen LogP contribution in [-0.2, 0) is 5.75 Å². The fourth-order valence-electron chi connectivity index (χ4n) is 1.44. The number of hydrogen-bond acceptors (Lipinski definition) is 2. The highest BCUT2D eigenvalue weighted by atomic mass is 35.5. The minimum absolute atomic E-state index is 0.754. The number of halogens is 1. The third kappa shape index (κ3) is 2.36. The maximum absolute atomic E-state index is 5.84. The molecular weight excluding hydrogens is 228 g/mol. The first-order valence-electron chi connectivity index (χ1n) is 4.58. The molecule has 78 valence electrons. The number of thioether (sulfide) groups is 1. The summed E-state index contributed by atoms with van der Waals surface area (Å²) in [6, 6.07) is 7.78. The van der Waals surface area contributed by atoms with Gasteiger partial charge in [-0.3, -0.25) is 5.10 Å². The van der Waals surface area contributed by atoms with Crippen LogP contribution >= 0.6 is 23.4 Å². The molecule has 0 bridgehead atoms. The molecule has 0 fully saturated rings. The predicted octanol–water partition coefficient (Wildman–Crippen LogP) is 3.59. The van der Waals surface area contributed by atoms with Crippen molar-refractivity contribution in [2.45, 2.75) is 5.75 Å². The van der Waals surface area contributed by atoms with Gasteiger partial charge in [-0.25, -0.2) is 0 Å². The molecule has 2 nitrogen and oxygen atoms in total. The Balaban J connectivity index is 2.36. The quantitative estimate of drug-likeness (QED) is 0.885. The molecule has 0 saturated carbocycles. The largest absolute Gasteiger partial charge is 0.278 e. The zero-order valence-corrected chi connectivity index (χ0v) is 9.90. The number of rotatable bonds is 3. The number of hydrogen-bond donors (Lipinski definition) is 1. The molecule has 0 amide bonds. The monoisotopic (exact) mass is 238 g/mol. The van der Waals surface area contributed by atoms with E-state index in [0.29, 0.717) is 0 Å². The molecule has 1 aromatic carbocycles. The van der Waals surface area contributed by atoms with E-state index in [0.717, 1.165) is 22.0 Å². The summed E-state index contributed by atoms with van der Waals surface area (Å²) in [5, 5.41) is 7.84. The van der Waals surface area contributed by atoms with Gasteiger partial charge in [-0.1, -0.05) is 23.7 Å². The summed E-state index contributed by atoms with van der Waals surface area (Å²) in [7, 11) is 0. The van der Waals surface area contributed by atoms with Crippen LogP contribution in [0.1, 0.15) is 5.56 Å². The molecule has 15 heavy (non-hydrogen) atoms. The van der Waals surface area contributed by atoms with E-state index in [1.54, 1.807) is 11.8 Å². The Morgan fingerprint density at radius 2 is 2.07 bits per heavy atom. The molecule has 1 aromatic heterocycles. The summed E-state index contributed by atoms with van der Waals surface area (Å²) < 4.78 is 0. The van der Waals surface area contributed by atoms with Crippen molar-refractivity contribution >= 4 is 23.4 Å². The minimum Gasteiger partial charge on any atom is -0.278 e. The highest BCUT2D eigenvalue weighted by Gasteiger charge is 2.06. The van der Waals surface area contributed by atoms with Gasteiger partial charge in [-0.05, 0) is 24.0 Å². The van der Waals surface area contributed by atoms with Gasteiger partial charge in [0.25, 0.3) is 0 Å². The molecule has 0 atom stereocenters. The van der Waals surface area contributed by atoms with E-state index in [1.165, 1.54) is 5.56 Å². The average Bonchev–Trinajstić information content (AvgIpc) is 2.68. The Morgan fingerprint density at radius 1 is 1.33 bits per heavy atom. The van der Waals surface area contributed by atoms with Gasteiger partial charge in [0, 0.05) is 16.3 Å². The maximum atomic E-state index is 5.84. The highest BCUT2D eigenvalue weighted by molar-refractivity contribution is 7.97. The highest BCUT2D eigenvalue weighted by Crippen LogP contribution is 2.24. The second-order valence-electron chi connectivity index (χ2n) is 3.21. The van der Waals surface area contributed by atoms with Crippen molar-refractivity contribution in [3.63, 3.8) is 0 Å². The lowest BCUT2D eigenvalue weighted by Gasteiger charge is -2.01. The van der Waals surface area contributed by atoms with Crippen molar-refractivity contribution in [2.75, 3.05) is 6.26 Å². The number of aromatic amines is 1. The minimum atomic E-state index is 0.754. The molecule has 0 aliphatic carbocycles. The number of aromatic nitrogens is 2. The zero-order chi connectivity index (χ0) is 10.7. The number of nitrogens with one attached hydrogen (secondary N) is 1. The first-order chi connectivity index (χ1) is 7.31. The molecule has 1 N–H and O–H groups in total. The predicted molar refractivity (Wildman–Crippen MR) is 66.3 cm³/mol. The van der Waals surface area contributed by atoms with Crippen molar-refractivity contribution in [1.82, 2.24) is 10.2 Å². The van der Waals surface area contributed by atoms with Crippen molar-refractivity contribution in [3.05, 3.63) is 41.0 Å². The third-order valence-corrected chi connectivity index (χ3v) is 3.00. The van der Waals surface area contributed by atoms with Gasteiger partial charge in [0.15, 0.2) is 0 Å². The van der Waals surface area contributed by atoms with Crippen LogP contribution < -0.4 is 0 Å². The molecule has 2 rings (SSSR count). The van der Waals surface area contributed by atoms with E-state index in [4.69, 9.17) is 11.6 Å². The smallest absolute Gasteiger partial charge is 0.0690 e. The molecule has 1 heterocycles. The third-order valence-electron chi connectivity index (χ3n) is 2.15. The van der Waals surface area contributed by atoms with E-state index in [1.807, 2.05) is 30.5 Å². The lowest BCUT2D eigenvalue weighted by Crippen LogP contribution is -1.83. The molecular formula is C11H11ClN2S. The standard InChI is InChI=1S/C11H11ClN2S/c1-15-7-9-6-13-14-11(9)8-2-4-10(12)5-3-8/h2-6H,7H2,1H3,(H,13,14). The van der Waals surface area contributed by atoms with E-state index in [9.17, 15) is 0 Å². The van der Waals surface area contributed by atoms with Gasteiger partial charge >= 0.3 is 0 Å². The lowest BCUT2D eigenvalue weighted by molar-refractivity contribution is 1.10. The van der Waals surface area contributed by atoms with Crippen LogP contribution in [0.25, 0.3) is 11.3 Å². The van der Waals surface area contributed by atoms with Gasteiger partial charge < -0.3 is 0 Å². The summed E-state index contributed by atoms with van der Waals surface area (Å²) in [5.41, 5.74) is 3.44. The first-order valence-corrected chi connectivity index (χ1v) is 6.35. The fraction of sp³-hybridized carbons (Fsp3) is 0.182. The van der Waals surface area contributed by atoms with Crippen molar-refractivity contribution in [1.29, 1.82) is 0 Å². The zero-order valence-electron chi connectivity index (χ0n) is 8.33. The second-order valence-corrected chi connectivity index (χ2v) is 4.51. The molecule has 0 aliphatic heterocycles. The number of H-pyrrole nitrogens is 1. The van der Waals surface area contributed by atoms with Crippen LogP contribution in [0.3, 0.4) is 0 Å². The van der Waals surface area contributed by atoms with Crippen molar-refractivity contribution in [3.8, 4) is 11.3 Å². The Morgan fingerprint density at radius 3 is 2.73 bits per heavy atom. The van der Waals surface area contributed by atoms with Crippen LogP contribution in [-0.4, -0.2) is 16.5 Å². The normalized spacial score (nSPS) is 10.5. The van der Waals surface area contributed by atoms with Gasteiger partial charge in [0.2, 0.25) is 0 Å². The van der Waals surface area contributed by atoms with Crippen molar-refractivity contribution in [2.24, 2.45) is 0 Å². The van der Waals surface area contributed by atoms with E-state index in [2.05, 4.69) is 16.5 Å². The van der Waals surface area contributed by atoms with Crippen LogP contribution in [0.5, 0.6) is 0 Å². The number of benzene rings is 1. The SMILES string of the molecule is CSCc1cn[nH]c1-c1ccc(Cl)cc1. The summed E-state index contributed by atoms with van der Waals surface area (Å²) >= 11 is 7.63. The number of nitrogens with zero attached hydrogens (tertiary/aromatic N) is 1. The summed E-state index contributed by atoms with van der Waals surface area (Å²) in [6.45, 7) is 0. The molecule has 2 aromatic rings. The van der Waals surface area contributed by atoms with Gasteiger partial charge in [0.1, 0.15) is 0 Å². The van der Waals surface area contributed by atoms with Crippen LogP contribution in [0.4, 0.5) is 0 Å². The molecule has 0 unspecified atom stereocenters. The van der Waals surface area contributed by atoms with E-state index < -0.39 is 0 Å². The van der Waals surface area contributed by atoms with E-state index >= 15 is 0 Å². The summed E-state index contributed by atoms with van der Waals surface area (Å²) in [4.78, 5) is 0. The summed E-state index contributed by atoms with van der Waals surface area (Å²) in [5.74, 6) is 0.967. The van der Waals surface area contributed by atoms with Crippen molar-refractivity contribution < 1.29 is 0 Å². The molecule has 0 saturated heterocycles. The summed E-state index contributed by atoms with van der Waals surface area (Å²) in [6.07, 6.45) is 3.96. The average molecular weight is 239 g/mol. The van der Waals surface area contributed by atoms with Gasteiger partial charge in [-0.2, -0.15) is 16.9 Å². The molecule has 0 spiro atoms. The fourth-order valence-corrected chi connectivity index (χ4v) is 2.10. The van der Waals surface area contributed by atoms with E-state index in [-0.39, 0.29) is 0 Å². The van der Waals surface area contributed by atoms with Crippen LogP contribution in [0.2, 0.25) is 5.02 Å². The molecule has 4 heteroatoms. The topological polar surface area (TPSA) is 28.7 Å². The van der Waals surface area contributed by atoms with Crippen LogP contribution in [0.15, 0.2) is 30.5 Å². The molecule has 0 radical (unpaired) electrons. The molecule has 0 aliphatic rings.